The number of ether oxygens (including phenoxy) is 4. The van der Waals surface area contributed by atoms with Crippen LogP contribution in [-0.2, 0) is 25.4 Å². The lowest BCUT2D eigenvalue weighted by Crippen LogP contribution is -2.46. The molecule has 1 unspecified atom stereocenters. The molecular weight excluding hydrogens is 448 g/mol. The Morgan fingerprint density at radius 3 is 2.66 bits per heavy atom. The zero-order valence-electron chi connectivity index (χ0n) is 20.9. The van der Waals surface area contributed by atoms with Crippen molar-refractivity contribution in [3.05, 3.63) is 48.0 Å². The van der Waals surface area contributed by atoms with Crippen molar-refractivity contribution in [3.8, 4) is 16.9 Å². The summed E-state index contributed by atoms with van der Waals surface area (Å²) < 4.78 is 22.1. The van der Waals surface area contributed by atoms with Crippen LogP contribution >= 0.6 is 0 Å². The minimum atomic E-state index is -0.266. The van der Waals surface area contributed by atoms with Gasteiger partial charge in [0.25, 0.3) is 0 Å². The molecule has 0 aliphatic carbocycles. The maximum absolute atomic E-state index is 13.3. The maximum atomic E-state index is 13.3. The number of methoxy groups -OCH3 is 1. The summed E-state index contributed by atoms with van der Waals surface area (Å²) in [6.45, 7) is 6.58. The van der Waals surface area contributed by atoms with Crippen molar-refractivity contribution < 1.29 is 28.5 Å². The van der Waals surface area contributed by atoms with Gasteiger partial charge < -0.3 is 29.2 Å². The Kier molecular flexibility index (Phi) is 10.4. The van der Waals surface area contributed by atoms with Crippen LogP contribution in [0.2, 0.25) is 0 Å². The first kappa shape index (κ1) is 26.5. The number of esters is 1. The van der Waals surface area contributed by atoms with Crippen LogP contribution < -0.4 is 10.1 Å². The molecule has 0 spiro atoms. The predicted octanol–water partition coefficient (Wildman–Crippen LogP) is 4.52. The van der Waals surface area contributed by atoms with Gasteiger partial charge in [0.1, 0.15) is 5.75 Å². The van der Waals surface area contributed by atoms with E-state index in [1.54, 1.807) is 18.9 Å². The number of hydrogen-bond acceptors (Lipinski definition) is 6. The number of carbonyl (C=O) groups is 2. The van der Waals surface area contributed by atoms with Gasteiger partial charge in [-0.3, -0.25) is 4.79 Å². The highest BCUT2D eigenvalue weighted by atomic mass is 16.5. The van der Waals surface area contributed by atoms with Crippen molar-refractivity contribution >= 4 is 17.7 Å². The second kappa shape index (κ2) is 13.7. The van der Waals surface area contributed by atoms with Crippen LogP contribution in [0, 0.1) is 0 Å². The molecule has 1 aliphatic heterocycles. The van der Waals surface area contributed by atoms with Crippen LogP contribution in [0.25, 0.3) is 11.1 Å². The van der Waals surface area contributed by atoms with Crippen molar-refractivity contribution in [2.45, 2.75) is 39.2 Å². The SMILES string of the molecule is CCOC(=O)CCc1ccc(-c2ccccc2)c(NC(=O)N2CCOC(C)C2)c1OCCCOC. The Morgan fingerprint density at radius 1 is 1.14 bits per heavy atom. The number of nitrogens with zero attached hydrogens (tertiary/aromatic N) is 1. The average Bonchev–Trinajstić information content (AvgIpc) is 2.87. The van der Waals surface area contributed by atoms with Crippen LogP contribution in [-0.4, -0.2) is 69.6 Å². The fourth-order valence-electron chi connectivity index (χ4n) is 4.01. The van der Waals surface area contributed by atoms with E-state index in [0.717, 1.165) is 16.7 Å². The second-order valence-corrected chi connectivity index (χ2v) is 8.40. The number of anilines is 1. The molecule has 2 amide bonds. The van der Waals surface area contributed by atoms with E-state index in [0.29, 0.717) is 63.8 Å². The van der Waals surface area contributed by atoms with Gasteiger partial charge in [0, 0.05) is 45.2 Å². The highest BCUT2D eigenvalue weighted by Gasteiger charge is 2.25. The minimum Gasteiger partial charge on any atom is -0.491 e. The van der Waals surface area contributed by atoms with E-state index < -0.39 is 0 Å². The number of urea groups is 1. The highest BCUT2D eigenvalue weighted by Crippen LogP contribution is 2.40. The van der Waals surface area contributed by atoms with Crippen molar-refractivity contribution in [1.29, 1.82) is 0 Å². The van der Waals surface area contributed by atoms with Gasteiger partial charge in [-0.2, -0.15) is 0 Å². The summed E-state index contributed by atoms with van der Waals surface area (Å²) in [7, 11) is 1.65. The minimum absolute atomic E-state index is 0.0243. The second-order valence-electron chi connectivity index (χ2n) is 8.40. The maximum Gasteiger partial charge on any atom is 0.322 e. The van der Waals surface area contributed by atoms with Gasteiger partial charge in [0.15, 0.2) is 0 Å². The van der Waals surface area contributed by atoms with Crippen LogP contribution in [0.1, 0.15) is 32.3 Å². The molecule has 1 aliphatic rings. The predicted molar refractivity (Wildman–Crippen MR) is 135 cm³/mol. The van der Waals surface area contributed by atoms with Crippen LogP contribution in [0.3, 0.4) is 0 Å². The van der Waals surface area contributed by atoms with Crippen molar-refractivity contribution in [2.75, 3.05) is 51.9 Å². The third-order valence-electron chi connectivity index (χ3n) is 5.73. The lowest BCUT2D eigenvalue weighted by Gasteiger charge is -2.32. The molecule has 0 saturated carbocycles. The fraction of sp³-hybridized carbons (Fsp3) is 0.481. The molecule has 0 bridgehead atoms. The first-order valence-corrected chi connectivity index (χ1v) is 12.2. The van der Waals surface area contributed by atoms with E-state index in [9.17, 15) is 9.59 Å². The first-order valence-electron chi connectivity index (χ1n) is 12.2. The van der Waals surface area contributed by atoms with Crippen molar-refractivity contribution in [3.63, 3.8) is 0 Å². The number of hydrogen-bond donors (Lipinski definition) is 1. The van der Waals surface area contributed by atoms with E-state index in [4.69, 9.17) is 18.9 Å². The van der Waals surface area contributed by atoms with Gasteiger partial charge in [-0.1, -0.05) is 42.5 Å². The van der Waals surface area contributed by atoms with E-state index >= 15 is 0 Å². The number of nitrogens with one attached hydrogen (secondary N) is 1. The van der Waals surface area contributed by atoms with Crippen LogP contribution in [0.4, 0.5) is 10.5 Å². The van der Waals surface area contributed by atoms with Crippen molar-refractivity contribution in [2.24, 2.45) is 0 Å². The van der Waals surface area contributed by atoms with E-state index in [1.807, 2.05) is 49.4 Å². The fourth-order valence-corrected chi connectivity index (χ4v) is 4.01. The number of benzene rings is 2. The van der Waals surface area contributed by atoms with E-state index in [2.05, 4.69) is 5.32 Å². The normalized spacial score (nSPS) is 15.5. The lowest BCUT2D eigenvalue weighted by atomic mass is 9.98. The lowest BCUT2D eigenvalue weighted by molar-refractivity contribution is -0.143. The summed E-state index contributed by atoms with van der Waals surface area (Å²) in [6, 6.07) is 13.6. The average molecular weight is 485 g/mol. The quantitative estimate of drug-likeness (QED) is 0.373. The van der Waals surface area contributed by atoms with Gasteiger partial charge in [0.05, 0.1) is 31.6 Å². The van der Waals surface area contributed by atoms with Gasteiger partial charge in [-0.15, -0.1) is 0 Å². The van der Waals surface area contributed by atoms with Gasteiger partial charge >= 0.3 is 12.0 Å². The molecule has 1 fully saturated rings. The largest absolute Gasteiger partial charge is 0.491 e. The standard InChI is InChI=1S/C27H36N2O6/c1-4-33-24(30)14-12-22-11-13-23(21-9-6-5-7-10-21)25(26(22)35-17-8-16-32-3)28-27(31)29-15-18-34-20(2)19-29/h5-7,9-11,13,20H,4,8,12,14-19H2,1-3H3,(H,28,31). The third kappa shape index (κ3) is 7.70. The molecule has 0 aromatic heterocycles. The van der Waals surface area contributed by atoms with Crippen molar-refractivity contribution in [1.82, 2.24) is 4.90 Å². The smallest absolute Gasteiger partial charge is 0.322 e. The molecule has 35 heavy (non-hydrogen) atoms. The number of amides is 2. The Labute approximate surface area is 207 Å². The van der Waals surface area contributed by atoms with E-state index in [1.165, 1.54) is 0 Å². The zero-order valence-corrected chi connectivity index (χ0v) is 20.9. The molecule has 8 nitrogen and oxygen atoms in total. The Hall–Kier alpha value is -3.10. The summed E-state index contributed by atoms with van der Waals surface area (Å²) in [5.41, 5.74) is 3.23. The number of carbonyl (C=O) groups excluding carboxylic acids is 2. The molecule has 8 heteroatoms. The third-order valence-corrected chi connectivity index (χ3v) is 5.73. The van der Waals surface area contributed by atoms with E-state index in [-0.39, 0.29) is 24.5 Å². The van der Waals surface area contributed by atoms with Crippen LogP contribution in [0.5, 0.6) is 5.75 Å². The number of aryl methyl sites for hydroxylation is 1. The molecule has 190 valence electrons. The molecule has 1 N–H and O–H groups in total. The highest BCUT2D eigenvalue weighted by molar-refractivity contribution is 5.97. The summed E-state index contributed by atoms with van der Waals surface area (Å²) in [5, 5.41) is 3.12. The molecule has 1 atom stereocenters. The summed E-state index contributed by atoms with van der Waals surface area (Å²) in [5.74, 6) is 0.305. The molecule has 1 heterocycles. The summed E-state index contributed by atoms with van der Waals surface area (Å²) in [4.78, 5) is 27.1. The Balaban J connectivity index is 1.98. The molecule has 2 aromatic carbocycles. The molecule has 3 rings (SSSR count). The molecule has 1 saturated heterocycles. The Bertz CT molecular complexity index is 966. The van der Waals surface area contributed by atoms with Crippen LogP contribution in [0.15, 0.2) is 42.5 Å². The summed E-state index contributed by atoms with van der Waals surface area (Å²) in [6.07, 6.45) is 1.33. The number of rotatable bonds is 11. The van der Waals surface area contributed by atoms with Gasteiger partial charge in [-0.25, -0.2) is 4.79 Å². The molecule has 2 aromatic rings. The topological polar surface area (TPSA) is 86.3 Å². The Morgan fingerprint density at radius 2 is 1.94 bits per heavy atom. The summed E-state index contributed by atoms with van der Waals surface area (Å²) >= 11 is 0. The van der Waals surface area contributed by atoms with Gasteiger partial charge in [-0.05, 0) is 31.4 Å². The molecular formula is C27H36N2O6. The zero-order chi connectivity index (χ0) is 25.0. The molecule has 0 radical (unpaired) electrons. The first-order chi connectivity index (χ1) is 17.0. The monoisotopic (exact) mass is 484 g/mol. The van der Waals surface area contributed by atoms with Gasteiger partial charge in [0.2, 0.25) is 0 Å². The number of morpholine rings is 1.